The summed E-state index contributed by atoms with van der Waals surface area (Å²) in [6.45, 7) is 3.04. The van der Waals surface area contributed by atoms with Gasteiger partial charge in [0, 0.05) is 12.1 Å². The van der Waals surface area contributed by atoms with Gasteiger partial charge in [0.2, 0.25) is 0 Å². The molecule has 1 aliphatic carbocycles. The average molecular weight is 353 g/mol. The number of benzene rings is 1. The molecule has 2 rings (SSSR count). The van der Waals surface area contributed by atoms with E-state index in [0.717, 1.165) is 12.8 Å². The van der Waals surface area contributed by atoms with Crippen LogP contribution >= 0.6 is 0 Å². The van der Waals surface area contributed by atoms with Crippen molar-refractivity contribution in [2.45, 2.75) is 31.8 Å². The number of carboxylic acids is 1. The van der Waals surface area contributed by atoms with Crippen LogP contribution in [0.5, 0.6) is 5.75 Å². The Bertz CT molecular complexity index is 593. The summed E-state index contributed by atoms with van der Waals surface area (Å²) < 4.78 is 18.6. The second kappa shape index (κ2) is 9.22. The molecule has 25 heavy (non-hydrogen) atoms. The Morgan fingerprint density at radius 3 is 2.72 bits per heavy atom. The number of rotatable bonds is 9. The van der Waals surface area contributed by atoms with Gasteiger partial charge < -0.3 is 20.5 Å². The Morgan fingerprint density at radius 1 is 1.36 bits per heavy atom. The lowest BCUT2D eigenvalue weighted by Crippen LogP contribution is -2.56. The number of nitrogens with one attached hydrogen (secondary N) is 2. The minimum absolute atomic E-state index is 0.0213. The van der Waals surface area contributed by atoms with Crippen LogP contribution in [0.2, 0.25) is 0 Å². The molecule has 3 N–H and O–H groups in total. The number of urea groups is 1. The Labute approximate surface area is 146 Å². The summed E-state index contributed by atoms with van der Waals surface area (Å²) in [5.74, 6) is -1.12. The Balaban J connectivity index is 1.59. The van der Waals surface area contributed by atoms with Gasteiger partial charge in [0.15, 0.2) is 11.6 Å². The lowest BCUT2D eigenvalue weighted by molar-refractivity contribution is -0.139. The highest BCUT2D eigenvalue weighted by atomic mass is 19.1. The van der Waals surface area contributed by atoms with Gasteiger partial charge in [-0.2, -0.15) is 0 Å². The zero-order valence-corrected chi connectivity index (χ0v) is 14.2. The molecule has 2 amide bonds. The van der Waals surface area contributed by atoms with Crippen LogP contribution in [-0.2, 0) is 4.79 Å². The second-order valence-corrected chi connectivity index (χ2v) is 5.96. The van der Waals surface area contributed by atoms with E-state index in [0.29, 0.717) is 6.54 Å². The van der Waals surface area contributed by atoms with Gasteiger partial charge in [0.1, 0.15) is 6.61 Å². The SMILES string of the molecule is CCN(CC(=O)O)C1CC(NC(=O)NCCOc2ccccc2F)C1. The van der Waals surface area contributed by atoms with E-state index in [2.05, 4.69) is 10.6 Å². The number of likely N-dealkylation sites (N-methyl/N-ethyl adjacent to an activating group) is 1. The molecule has 0 heterocycles. The standard InChI is InChI=1S/C17H24FN3O4/c1-2-21(11-16(22)23)13-9-12(10-13)20-17(24)19-7-8-25-15-6-4-3-5-14(15)18/h3-6,12-13H,2,7-11H2,1H3,(H,22,23)(H2,19,20,24). The van der Waals surface area contributed by atoms with Crippen molar-refractivity contribution >= 4 is 12.0 Å². The molecule has 0 atom stereocenters. The van der Waals surface area contributed by atoms with Crippen LogP contribution < -0.4 is 15.4 Å². The van der Waals surface area contributed by atoms with Crippen LogP contribution in [0.25, 0.3) is 0 Å². The first kappa shape index (κ1) is 19.0. The molecule has 1 aliphatic rings. The van der Waals surface area contributed by atoms with E-state index < -0.39 is 11.8 Å². The fourth-order valence-electron chi connectivity index (χ4n) is 2.80. The van der Waals surface area contributed by atoms with E-state index in [1.165, 1.54) is 12.1 Å². The van der Waals surface area contributed by atoms with Crippen LogP contribution in [0, 0.1) is 5.82 Å². The van der Waals surface area contributed by atoms with Gasteiger partial charge in [-0.25, -0.2) is 9.18 Å². The third kappa shape index (κ3) is 5.90. The number of hydrogen-bond acceptors (Lipinski definition) is 4. The minimum Gasteiger partial charge on any atom is -0.489 e. The van der Waals surface area contributed by atoms with E-state index in [1.54, 1.807) is 12.1 Å². The molecule has 0 aliphatic heterocycles. The van der Waals surface area contributed by atoms with Crippen LogP contribution in [0.1, 0.15) is 19.8 Å². The lowest BCUT2D eigenvalue weighted by atomic mass is 9.85. The fourth-order valence-corrected chi connectivity index (χ4v) is 2.80. The lowest BCUT2D eigenvalue weighted by Gasteiger charge is -2.42. The summed E-state index contributed by atoms with van der Waals surface area (Å²) in [7, 11) is 0. The fraction of sp³-hybridized carbons (Fsp3) is 0.529. The third-order valence-corrected chi connectivity index (χ3v) is 4.19. The molecule has 0 bridgehead atoms. The number of para-hydroxylation sites is 1. The zero-order valence-electron chi connectivity index (χ0n) is 14.2. The first-order chi connectivity index (χ1) is 12.0. The number of ether oxygens (including phenoxy) is 1. The number of carbonyl (C=O) groups is 2. The van der Waals surface area contributed by atoms with E-state index in [9.17, 15) is 14.0 Å². The van der Waals surface area contributed by atoms with Crippen LogP contribution in [0.3, 0.4) is 0 Å². The minimum atomic E-state index is -0.842. The Kier molecular flexibility index (Phi) is 7.00. The molecule has 1 aromatic carbocycles. The predicted octanol–water partition coefficient (Wildman–Crippen LogP) is 1.44. The number of nitrogens with zero attached hydrogens (tertiary/aromatic N) is 1. The highest BCUT2D eigenvalue weighted by Crippen LogP contribution is 2.25. The van der Waals surface area contributed by atoms with Gasteiger partial charge in [-0.05, 0) is 31.5 Å². The van der Waals surface area contributed by atoms with Gasteiger partial charge in [-0.3, -0.25) is 9.69 Å². The van der Waals surface area contributed by atoms with E-state index in [1.807, 2.05) is 11.8 Å². The molecule has 0 spiro atoms. The molecule has 0 saturated heterocycles. The smallest absolute Gasteiger partial charge is 0.317 e. The monoisotopic (exact) mass is 353 g/mol. The molecular formula is C17H24FN3O4. The van der Waals surface area contributed by atoms with Gasteiger partial charge >= 0.3 is 12.0 Å². The van der Waals surface area contributed by atoms with Crippen molar-refractivity contribution in [3.05, 3.63) is 30.1 Å². The molecule has 8 heteroatoms. The van der Waals surface area contributed by atoms with Crippen LogP contribution in [0.4, 0.5) is 9.18 Å². The van der Waals surface area contributed by atoms with Gasteiger partial charge in [0.05, 0.1) is 13.1 Å². The van der Waals surface area contributed by atoms with Crippen molar-refractivity contribution in [2.24, 2.45) is 0 Å². The largest absolute Gasteiger partial charge is 0.489 e. The highest BCUT2D eigenvalue weighted by Gasteiger charge is 2.34. The van der Waals surface area contributed by atoms with Crippen molar-refractivity contribution in [1.82, 2.24) is 15.5 Å². The first-order valence-electron chi connectivity index (χ1n) is 8.37. The van der Waals surface area contributed by atoms with E-state index >= 15 is 0 Å². The molecular weight excluding hydrogens is 329 g/mol. The molecule has 1 saturated carbocycles. The second-order valence-electron chi connectivity index (χ2n) is 5.96. The zero-order chi connectivity index (χ0) is 18.2. The van der Waals surface area contributed by atoms with Gasteiger partial charge in [-0.15, -0.1) is 0 Å². The van der Waals surface area contributed by atoms with E-state index in [-0.39, 0.29) is 43.6 Å². The van der Waals surface area contributed by atoms with Crippen molar-refractivity contribution in [3.8, 4) is 5.75 Å². The summed E-state index contributed by atoms with van der Waals surface area (Å²) >= 11 is 0. The number of carbonyl (C=O) groups excluding carboxylic acids is 1. The predicted molar refractivity (Wildman–Crippen MR) is 90.1 cm³/mol. The molecule has 0 aromatic heterocycles. The normalized spacial score (nSPS) is 19.2. The number of halogens is 1. The molecule has 1 fully saturated rings. The Morgan fingerprint density at radius 2 is 2.08 bits per heavy atom. The molecule has 7 nitrogen and oxygen atoms in total. The summed E-state index contributed by atoms with van der Waals surface area (Å²) in [6.07, 6.45) is 1.47. The molecule has 0 radical (unpaired) electrons. The van der Waals surface area contributed by atoms with Crippen molar-refractivity contribution in [3.63, 3.8) is 0 Å². The first-order valence-corrected chi connectivity index (χ1v) is 8.37. The number of amides is 2. The number of aliphatic carboxylic acids is 1. The van der Waals surface area contributed by atoms with Crippen LogP contribution in [0.15, 0.2) is 24.3 Å². The van der Waals surface area contributed by atoms with Crippen molar-refractivity contribution < 1.29 is 23.8 Å². The molecule has 1 aromatic rings. The summed E-state index contributed by atoms with van der Waals surface area (Å²) in [5.41, 5.74) is 0. The van der Waals surface area contributed by atoms with Gasteiger partial charge in [0.25, 0.3) is 0 Å². The number of hydrogen-bond donors (Lipinski definition) is 3. The highest BCUT2D eigenvalue weighted by molar-refractivity contribution is 5.74. The van der Waals surface area contributed by atoms with Crippen LogP contribution in [-0.4, -0.2) is 60.3 Å². The maximum atomic E-state index is 13.3. The van der Waals surface area contributed by atoms with E-state index in [4.69, 9.17) is 9.84 Å². The van der Waals surface area contributed by atoms with Crippen molar-refractivity contribution in [1.29, 1.82) is 0 Å². The summed E-state index contributed by atoms with van der Waals surface area (Å²) in [5, 5.41) is 14.3. The molecule has 0 unspecified atom stereocenters. The number of carboxylic acid groups (broad SMARTS) is 1. The third-order valence-electron chi connectivity index (χ3n) is 4.19. The maximum Gasteiger partial charge on any atom is 0.317 e. The average Bonchev–Trinajstić information content (AvgIpc) is 2.54. The summed E-state index contributed by atoms with van der Waals surface area (Å²) in [4.78, 5) is 24.5. The summed E-state index contributed by atoms with van der Waals surface area (Å²) in [6, 6.07) is 6.02. The van der Waals surface area contributed by atoms with Gasteiger partial charge in [-0.1, -0.05) is 19.1 Å². The topological polar surface area (TPSA) is 90.9 Å². The maximum absolute atomic E-state index is 13.3. The quantitative estimate of drug-likeness (QED) is 0.585. The Hall–Kier alpha value is -2.35. The molecule has 138 valence electrons. The van der Waals surface area contributed by atoms with Crippen molar-refractivity contribution in [2.75, 3.05) is 26.2 Å².